The highest BCUT2D eigenvalue weighted by atomic mass is 35.5. The molecule has 6 nitrogen and oxygen atoms in total. The third-order valence-electron chi connectivity index (χ3n) is 3.45. The van der Waals surface area contributed by atoms with Crippen LogP contribution in [0.15, 0.2) is 77.2 Å². The van der Waals surface area contributed by atoms with Gasteiger partial charge in [0.05, 0.1) is 12.0 Å². The van der Waals surface area contributed by atoms with Gasteiger partial charge in [0.25, 0.3) is 5.91 Å². The SMILES string of the molecule is O=C(CSc1ncccn1)N/N=C\c1ccc(OCc2cccc(Cl)c2)cc1. The van der Waals surface area contributed by atoms with Gasteiger partial charge in [0.2, 0.25) is 0 Å². The number of nitrogens with zero attached hydrogens (tertiary/aromatic N) is 3. The van der Waals surface area contributed by atoms with Crippen LogP contribution in [0.3, 0.4) is 0 Å². The van der Waals surface area contributed by atoms with Gasteiger partial charge < -0.3 is 4.74 Å². The highest BCUT2D eigenvalue weighted by Gasteiger charge is 2.03. The van der Waals surface area contributed by atoms with Crippen LogP contribution in [0.1, 0.15) is 11.1 Å². The van der Waals surface area contributed by atoms with E-state index >= 15 is 0 Å². The van der Waals surface area contributed by atoms with Crippen LogP contribution >= 0.6 is 23.4 Å². The molecule has 0 aliphatic rings. The molecule has 0 saturated heterocycles. The molecule has 1 amide bonds. The lowest BCUT2D eigenvalue weighted by atomic mass is 10.2. The van der Waals surface area contributed by atoms with Crippen LogP contribution in [0.2, 0.25) is 5.02 Å². The molecule has 0 unspecified atom stereocenters. The van der Waals surface area contributed by atoms with Crippen LogP contribution in [0.5, 0.6) is 5.75 Å². The zero-order chi connectivity index (χ0) is 19.6. The number of nitrogens with one attached hydrogen (secondary N) is 1. The Hall–Kier alpha value is -2.90. The van der Waals surface area contributed by atoms with Crippen molar-refractivity contribution in [2.24, 2.45) is 5.10 Å². The minimum Gasteiger partial charge on any atom is -0.489 e. The Bertz CT molecular complexity index is 936. The third-order valence-corrected chi connectivity index (χ3v) is 4.56. The van der Waals surface area contributed by atoms with Crippen molar-refractivity contribution in [3.05, 3.63) is 83.1 Å². The number of thioether (sulfide) groups is 1. The quantitative estimate of drug-likeness (QED) is 0.262. The summed E-state index contributed by atoms with van der Waals surface area (Å²) in [5.41, 5.74) is 4.32. The average Bonchev–Trinajstić information content (AvgIpc) is 2.72. The molecule has 0 aliphatic carbocycles. The van der Waals surface area contributed by atoms with Gasteiger partial charge in [-0.1, -0.05) is 35.5 Å². The first-order valence-corrected chi connectivity index (χ1v) is 9.74. The molecule has 2 aromatic carbocycles. The first-order valence-electron chi connectivity index (χ1n) is 8.38. The van der Waals surface area contributed by atoms with Gasteiger partial charge in [-0.05, 0) is 53.6 Å². The molecule has 0 atom stereocenters. The van der Waals surface area contributed by atoms with Crippen LogP contribution in [0.25, 0.3) is 0 Å². The second-order valence-electron chi connectivity index (χ2n) is 5.60. The summed E-state index contributed by atoms with van der Waals surface area (Å²) in [6.07, 6.45) is 4.84. The molecular formula is C20H17ClN4O2S. The fraction of sp³-hybridized carbons (Fsp3) is 0.100. The van der Waals surface area contributed by atoms with E-state index in [2.05, 4.69) is 20.5 Å². The zero-order valence-corrected chi connectivity index (χ0v) is 16.4. The lowest BCUT2D eigenvalue weighted by Gasteiger charge is -2.06. The summed E-state index contributed by atoms with van der Waals surface area (Å²) >= 11 is 7.21. The molecule has 142 valence electrons. The number of amides is 1. The van der Waals surface area contributed by atoms with Crippen LogP contribution in [0.4, 0.5) is 0 Å². The van der Waals surface area contributed by atoms with Crippen molar-refractivity contribution in [1.29, 1.82) is 0 Å². The van der Waals surface area contributed by atoms with E-state index in [4.69, 9.17) is 16.3 Å². The summed E-state index contributed by atoms with van der Waals surface area (Å²) in [5.74, 6) is 0.702. The van der Waals surface area contributed by atoms with E-state index < -0.39 is 0 Å². The smallest absolute Gasteiger partial charge is 0.250 e. The molecule has 0 radical (unpaired) electrons. The molecule has 8 heteroatoms. The number of benzene rings is 2. The summed E-state index contributed by atoms with van der Waals surface area (Å²) in [6, 6.07) is 16.7. The standard InChI is InChI=1S/C20H17ClN4O2S/c21-17-4-1-3-16(11-17)13-27-18-7-5-15(6-8-18)12-24-25-19(26)14-28-20-22-9-2-10-23-20/h1-12H,13-14H2,(H,25,26)/b24-12-. The fourth-order valence-electron chi connectivity index (χ4n) is 2.14. The van der Waals surface area contributed by atoms with Gasteiger partial charge in [-0.2, -0.15) is 5.10 Å². The Morgan fingerprint density at radius 3 is 2.68 bits per heavy atom. The Morgan fingerprint density at radius 2 is 1.93 bits per heavy atom. The topological polar surface area (TPSA) is 76.5 Å². The number of aromatic nitrogens is 2. The molecule has 1 N–H and O–H groups in total. The molecule has 0 saturated carbocycles. The minimum absolute atomic E-state index is 0.192. The van der Waals surface area contributed by atoms with E-state index in [0.717, 1.165) is 16.9 Å². The molecule has 1 heterocycles. The number of halogens is 1. The summed E-state index contributed by atoms with van der Waals surface area (Å²) in [6.45, 7) is 0.437. The van der Waals surface area contributed by atoms with Gasteiger partial charge in [0.1, 0.15) is 12.4 Å². The molecule has 0 aliphatic heterocycles. The first-order chi connectivity index (χ1) is 13.7. The van der Waals surface area contributed by atoms with Crippen LogP contribution in [0, 0.1) is 0 Å². The van der Waals surface area contributed by atoms with Gasteiger partial charge in [-0.15, -0.1) is 0 Å². The monoisotopic (exact) mass is 412 g/mol. The molecular weight excluding hydrogens is 396 g/mol. The normalized spacial score (nSPS) is 10.8. The number of hydrogen-bond acceptors (Lipinski definition) is 6. The van der Waals surface area contributed by atoms with Crippen molar-refractivity contribution in [3.63, 3.8) is 0 Å². The van der Waals surface area contributed by atoms with E-state index in [9.17, 15) is 4.79 Å². The average molecular weight is 413 g/mol. The summed E-state index contributed by atoms with van der Waals surface area (Å²) < 4.78 is 5.73. The third kappa shape index (κ3) is 6.68. The first kappa shape index (κ1) is 19.9. The predicted octanol–water partition coefficient (Wildman–Crippen LogP) is 3.95. The van der Waals surface area contributed by atoms with Gasteiger partial charge in [0, 0.05) is 17.4 Å². The van der Waals surface area contributed by atoms with Crippen LogP contribution in [-0.4, -0.2) is 27.8 Å². The van der Waals surface area contributed by atoms with Crippen molar-refractivity contribution < 1.29 is 9.53 Å². The highest BCUT2D eigenvalue weighted by molar-refractivity contribution is 7.99. The van der Waals surface area contributed by atoms with Gasteiger partial charge in [0.15, 0.2) is 5.16 Å². The maximum atomic E-state index is 11.8. The molecule has 28 heavy (non-hydrogen) atoms. The number of carbonyl (C=O) groups excluding carboxylic acids is 1. The Morgan fingerprint density at radius 1 is 1.14 bits per heavy atom. The maximum absolute atomic E-state index is 11.8. The van der Waals surface area contributed by atoms with Crippen molar-refractivity contribution in [3.8, 4) is 5.75 Å². The Kier molecular flexibility index (Phi) is 7.40. The largest absolute Gasteiger partial charge is 0.489 e. The number of hydrazone groups is 1. The van der Waals surface area contributed by atoms with E-state index in [-0.39, 0.29) is 11.7 Å². The van der Waals surface area contributed by atoms with E-state index in [1.807, 2.05) is 48.5 Å². The van der Waals surface area contributed by atoms with Crippen LogP contribution < -0.4 is 10.2 Å². The van der Waals surface area contributed by atoms with Crippen molar-refractivity contribution in [1.82, 2.24) is 15.4 Å². The highest BCUT2D eigenvalue weighted by Crippen LogP contribution is 2.16. The molecule has 0 bridgehead atoms. The molecule has 0 fully saturated rings. The van der Waals surface area contributed by atoms with Gasteiger partial charge in [-0.3, -0.25) is 4.79 Å². The molecule has 3 aromatic rings. The zero-order valence-electron chi connectivity index (χ0n) is 14.8. The van der Waals surface area contributed by atoms with E-state index in [1.165, 1.54) is 11.8 Å². The molecule has 1 aromatic heterocycles. The fourth-order valence-corrected chi connectivity index (χ4v) is 2.95. The van der Waals surface area contributed by atoms with Gasteiger partial charge >= 0.3 is 0 Å². The number of hydrogen-bond donors (Lipinski definition) is 1. The predicted molar refractivity (Wildman–Crippen MR) is 111 cm³/mol. The summed E-state index contributed by atoms with van der Waals surface area (Å²) in [4.78, 5) is 19.9. The lowest BCUT2D eigenvalue weighted by Crippen LogP contribution is -2.19. The van der Waals surface area contributed by atoms with Crippen molar-refractivity contribution in [2.75, 3.05) is 5.75 Å². The maximum Gasteiger partial charge on any atom is 0.250 e. The Balaban J connectivity index is 1.42. The van der Waals surface area contributed by atoms with E-state index in [0.29, 0.717) is 16.8 Å². The Labute approximate surface area is 172 Å². The lowest BCUT2D eigenvalue weighted by molar-refractivity contribution is -0.118. The summed E-state index contributed by atoms with van der Waals surface area (Å²) in [7, 11) is 0. The minimum atomic E-state index is -0.227. The van der Waals surface area contributed by atoms with Crippen molar-refractivity contribution >= 4 is 35.5 Å². The number of rotatable bonds is 8. The molecule has 0 spiro atoms. The van der Waals surface area contributed by atoms with E-state index in [1.54, 1.807) is 24.7 Å². The number of carbonyl (C=O) groups is 1. The summed E-state index contributed by atoms with van der Waals surface area (Å²) in [5, 5.41) is 5.19. The second kappa shape index (κ2) is 10.4. The number of ether oxygens (including phenoxy) is 1. The van der Waals surface area contributed by atoms with Gasteiger partial charge in [-0.25, -0.2) is 15.4 Å². The van der Waals surface area contributed by atoms with Crippen molar-refractivity contribution in [2.45, 2.75) is 11.8 Å². The second-order valence-corrected chi connectivity index (χ2v) is 6.98. The van der Waals surface area contributed by atoms with Crippen LogP contribution in [-0.2, 0) is 11.4 Å². The molecule has 3 rings (SSSR count).